The fraction of sp³-hybridized carbons (Fsp3) is 0.381. The first kappa shape index (κ1) is 24.8. The summed E-state index contributed by atoms with van der Waals surface area (Å²) in [6.45, 7) is 2.54. The third-order valence-electron chi connectivity index (χ3n) is 4.46. The number of aliphatic hydroxyl groups is 1. The number of benzene rings is 2. The Morgan fingerprint density at radius 3 is 2.39 bits per heavy atom. The molecule has 0 saturated heterocycles. The third kappa shape index (κ3) is 7.03. The number of anilines is 1. The zero-order valence-electron chi connectivity index (χ0n) is 16.9. The minimum Gasteiger partial charge on any atom is -0.507 e. The highest BCUT2D eigenvalue weighted by atomic mass is 79.9. The minimum atomic E-state index is -4.45. The van der Waals surface area contributed by atoms with Gasteiger partial charge in [-0.3, -0.25) is 4.79 Å². The van der Waals surface area contributed by atoms with Crippen LogP contribution in [0, 0.1) is 6.92 Å². The summed E-state index contributed by atoms with van der Waals surface area (Å²) in [4.78, 5) is 11.6. The number of aryl methyl sites for hydroxylation is 1. The summed E-state index contributed by atoms with van der Waals surface area (Å²) >= 11 is 3.34. The molecule has 0 heterocycles. The van der Waals surface area contributed by atoms with Gasteiger partial charge in [0.1, 0.15) is 36.6 Å². The number of nitrogens with two attached hydrogens (primary N) is 1. The highest BCUT2D eigenvalue weighted by Gasteiger charge is 2.29. The van der Waals surface area contributed by atoms with Crippen LogP contribution in [0.15, 0.2) is 28.7 Å². The van der Waals surface area contributed by atoms with Gasteiger partial charge < -0.3 is 25.4 Å². The van der Waals surface area contributed by atoms with Gasteiger partial charge in [0.05, 0.1) is 10.0 Å². The number of phenols is 1. The van der Waals surface area contributed by atoms with Gasteiger partial charge in [0.2, 0.25) is 0 Å². The van der Waals surface area contributed by atoms with Crippen molar-refractivity contribution in [2.45, 2.75) is 39.0 Å². The van der Waals surface area contributed by atoms with Crippen LogP contribution in [-0.2, 0) is 6.42 Å². The van der Waals surface area contributed by atoms with E-state index in [-0.39, 0.29) is 30.1 Å². The predicted molar refractivity (Wildman–Crippen MR) is 113 cm³/mol. The molecular weight excluding hydrogens is 483 g/mol. The molecule has 0 aliphatic carbocycles. The van der Waals surface area contributed by atoms with Crippen molar-refractivity contribution in [1.82, 2.24) is 0 Å². The lowest BCUT2D eigenvalue weighted by molar-refractivity contribution is -0.134. The molecule has 0 aromatic heterocycles. The summed E-state index contributed by atoms with van der Waals surface area (Å²) in [6.07, 6.45) is -7.35. The number of aliphatic hydroxyl groups excluding tert-OH is 1. The van der Waals surface area contributed by atoms with Gasteiger partial charge in [-0.25, -0.2) is 0 Å². The highest BCUT2D eigenvalue weighted by Crippen LogP contribution is 2.35. The first-order chi connectivity index (χ1) is 14.4. The fourth-order valence-electron chi connectivity index (χ4n) is 2.74. The first-order valence-electron chi connectivity index (χ1n) is 9.31. The molecule has 0 aliphatic heterocycles. The molecule has 0 radical (unpaired) electrons. The van der Waals surface area contributed by atoms with Gasteiger partial charge >= 0.3 is 6.18 Å². The van der Waals surface area contributed by atoms with Crippen LogP contribution in [0.1, 0.15) is 34.8 Å². The number of nitrogen functional groups attached to an aromatic ring is 1. The van der Waals surface area contributed by atoms with E-state index < -0.39 is 36.7 Å². The van der Waals surface area contributed by atoms with Gasteiger partial charge in [-0.15, -0.1) is 0 Å². The van der Waals surface area contributed by atoms with Crippen LogP contribution < -0.4 is 15.2 Å². The van der Waals surface area contributed by atoms with Gasteiger partial charge in [-0.2, -0.15) is 13.2 Å². The number of halogens is 4. The van der Waals surface area contributed by atoms with E-state index in [4.69, 9.17) is 15.2 Å². The van der Waals surface area contributed by atoms with Crippen molar-refractivity contribution in [3.63, 3.8) is 0 Å². The molecule has 1 unspecified atom stereocenters. The van der Waals surface area contributed by atoms with Gasteiger partial charge in [0, 0.05) is 23.7 Å². The SMILES string of the molecule is CC(=O)c1ccc(OCC(O)COc2cc(N)c(C)cc2Br)c(CCC(F)(F)F)c1O. The normalized spacial score (nSPS) is 12.5. The van der Waals surface area contributed by atoms with Crippen molar-refractivity contribution in [3.8, 4) is 17.2 Å². The second kappa shape index (κ2) is 10.2. The molecule has 0 fully saturated rings. The Morgan fingerprint density at radius 2 is 1.81 bits per heavy atom. The van der Waals surface area contributed by atoms with Crippen LogP contribution >= 0.6 is 15.9 Å². The number of hydrogen-bond donors (Lipinski definition) is 3. The van der Waals surface area contributed by atoms with Gasteiger partial charge in [0.15, 0.2) is 5.78 Å². The van der Waals surface area contributed by atoms with E-state index in [2.05, 4.69) is 15.9 Å². The van der Waals surface area contributed by atoms with Gasteiger partial charge in [-0.1, -0.05) is 0 Å². The van der Waals surface area contributed by atoms with Crippen molar-refractivity contribution in [2.24, 2.45) is 0 Å². The Bertz CT molecular complexity index is 950. The average molecular weight is 506 g/mol. The zero-order valence-corrected chi connectivity index (χ0v) is 18.5. The van der Waals surface area contributed by atoms with E-state index in [0.29, 0.717) is 15.9 Å². The van der Waals surface area contributed by atoms with E-state index >= 15 is 0 Å². The number of ether oxygens (including phenoxy) is 2. The van der Waals surface area contributed by atoms with Crippen molar-refractivity contribution in [3.05, 3.63) is 45.4 Å². The quantitative estimate of drug-likeness (QED) is 0.341. The fourth-order valence-corrected chi connectivity index (χ4v) is 3.32. The Morgan fingerprint density at radius 1 is 1.19 bits per heavy atom. The Hall–Kier alpha value is -2.46. The van der Waals surface area contributed by atoms with E-state index in [0.717, 1.165) is 5.56 Å². The molecule has 2 rings (SSSR count). The number of ketones is 1. The van der Waals surface area contributed by atoms with Crippen LogP contribution in [0.2, 0.25) is 0 Å². The smallest absolute Gasteiger partial charge is 0.389 e. The lowest BCUT2D eigenvalue weighted by atomic mass is 10.0. The van der Waals surface area contributed by atoms with Crippen LogP contribution in [0.25, 0.3) is 0 Å². The average Bonchev–Trinajstić information content (AvgIpc) is 2.66. The minimum absolute atomic E-state index is 0.0495. The number of hydrogen-bond acceptors (Lipinski definition) is 6. The number of carbonyl (C=O) groups excluding carboxylic acids is 1. The van der Waals surface area contributed by atoms with Gasteiger partial charge in [0.25, 0.3) is 0 Å². The monoisotopic (exact) mass is 505 g/mol. The summed E-state index contributed by atoms with van der Waals surface area (Å²) in [5, 5.41) is 20.4. The maximum atomic E-state index is 12.7. The second-order valence-corrected chi connectivity index (χ2v) is 7.88. The molecule has 0 bridgehead atoms. The Balaban J connectivity index is 2.08. The van der Waals surface area contributed by atoms with Crippen LogP contribution in [0.4, 0.5) is 18.9 Å². The topological polar surface area (TPSA) is 102 Å². The van der Waals surface area contributed by atoms with E-state index in [1.54, 1.807) is 12.1 Å². The summed E-state index contributed by atoms with van der Waals surface area (Å²) in [7, 11) is 0. The molecule has 0 saturated carbocycles. The largest absolute Gasteiger partial charge is 0.507 e. The summed E-state index contributed by atoms with van der Waals surface area (Å²) in [5.74, 6) is -0.684. The third-order valence-corrected chi connectivity index (χ3v) is 5.08. The molecule has 4 N–H and O–H groups in total. The van der Waals surface area contributed by atoms with Crippen molar-refractivity contribution < 1.29 is 37.7 Å². The first-order valence-corrected chi connectivity index (χ1v) is 10.1. The molecule has 31 heavy (non-hydrogen) atoms. The highest BCUT2D eigenvalue weighted by molar-refractivity contribution is 9.10. The molecular formula is C21H23BrF3NO5. The molecule has 10 heteroatoms. The van der Waals surface area contributed by atoms with Crippen molar-refractivity contribution >= 4 is 27.4 Å². The predicted octanol–water partition coefficient (Wildman–Crippen LogP) is 4.56. The Labute approximate surface area is 185 Å². The van der Waals surface area contributed by atoms with Crippen LogP contribution in [0.5, 0.6) is 17.2 Å². The zero-order chi connectivity index (χ0) is 23.3. The van der Waals surface area contributed by atoms with E-state index in [1.807, 2.05) is 6.92 Å². The molecule has 6 nitrogen and oxygen atoms in total. The van der Waals surface area contributed by atoms with E-state index in [1.165, 1.54) is 19.1 Å². The number of rotatable bonds is 9. The Kier molecular flexibility index (Phi) is 8.19. The number of alkyl halides is 3. The van der Waals surface area contributed by atoms with Crippen molar-refractivity contribution in [1.29, 1.82) is 0 Å². The molecule has 170 valence electrons. The molecule has 2 aromatic rings. The number of carbonyl (C=O) groups is 1. The summed E-state index contributed by atoms with van der Waals surface area (Å²) in [6, 6.07) is 5.92. The second-order valence-electron chi connectivity index (χ2n) is 7.02. The maximum Gasteiger partial charge on any atom is 0.389 e. The molecule has 1 atom stereocenters. The summed E-state index contributed by atoms with van der Waals surface area (Å²) < 4.78 is 49.6. The maximum absolute atomic E-state index is 12.7. The molecule has 0 aliphatic rings. The van der Waals surface area contributed by atoms with Crippen LogP contribution in [0.3, 0.4) is 0 Å². The lowest BCUT2D eigenvalue weighted by Crippen LogP contribution is -2.25. The standard InChI is InChI=1S/C21H23BrF3NO5/c1-11-7-16(22)19(8-17(11)26)31-10-13(28)9-30-18-4-3-14(12(2)27)20(29)15(18)5-6-21(23,24)25/h3-4,7-8,13,28-29H,5-6,9-10,26H2,1-2H3. The number of aromatic hydroxyl groups is 1. The molecule has 0 amide bonds. The molecule has 2 aromatic carbocycles. The number of phenolic OH excluding ortho intramolecular Hbond substituents is 1. The number of Topliss-reactive ketones (excluding diaryl/α,β-unsaturated/α-hetero) is 1. The van der Waals surface area contributed by atoms with E-state index in [9.17, 15) is 28.2 Å². The van der Waals surface area contributed by atoms with Crippen LogP contribution in [-0.4, -0.2) is 41.5 Å². The van der Waals surface area contributed by atoms with Gasteiger partial charge in [-0.05, 0) is 60.0 Å². The van der Waals surface area contributed by atoms with Crippen molar-refractivity contribution in [2.75, 3.05) is 18.9 Å². The lowest BCUT2D eigenvalue weighted by Gasteiger charge is -2.18. The molecule has 0 spiro atoms. The summed E-state index contributed by atoms with van der Waals surface area (Å²) in [5.41, 5.74) is 6.95.